The highest BCUT2D eigenvalue weighted by Crippen LogP contribution is 2.26. The molecule has 11 heteroatoms. The summed E-state index contributed by atoms with van der Waals surface area (Å²) >= 11 is 2.34. The second kappa shape index (κ2) is 10.7. The number of carbonyl (C=O) groups excluding carboxylic acids is 2. The first-order valence-electron chi connectivity index (χ1n) is 9.95. The normalized spacial score (nSPS) is 10.5. The van der Waals surface area contributed by atoms with Gasteiger partial charge < -0.3 is 5.32 Å². The number of amides is 2. The molecule has 0 fully saturated rings. The highest BCUT2D eigenvalue weighted by atomic mass is 32.2. The Hall–Kier alpha value is -4.09. The predicted molar refractivity (Wildman–Crippen MR) is 132 cm³/mol. The van der Waals surface area contributed by atoms with Crippen LogP contribution in [0.5, 0.6) is 0 Å². The highest BCUT2D eigenvalue weighted by Gasteiger charge is 2.13. The fourth-order valence-electron chi connectivity index (χ4n) is 2.92. The standard InChI is InChI=1S/C23H17N5O4S2/c29-20(24-18-10-12-19(13-11-18)28(31)32)14-33-23-27-26-22(34-23)25-21(30)17-8-6-16(7-9-17)15-4-2-1-3-5-15/h1-13H,14H2,(H,24,29)(H,25,26,30). The molecule has 0 radical (unpaired) electrons. The quantitative estimate of drug-likeness (QED) is 0.152. The number of hydrogen-bond donors (Lipinski definition) is 2. The monoisotopic (exact) mass is 491 g/mol. The second-order valence-corrected chi connectivity index (χ2v) is 9.11. The van der Waals surface area contributed by atoms with Crippen molar-refractivity contribution in [1.29, 1.82) is 0 Å². The summed E-state index contributed by atoms with van der Waals surface area (Å²) in [6.07, 6.45) is 0. The van der Waals surface area contributed by atoms with Crippen LogP contribution in [0.15, 0.2) is 83.2 Å². The molecule has 0 aliphatic heterocycles. The molecule has 0 unspecified atom stereocenters. The molecule has 1 heterocycles. The van der Waals surface area contributed by atoms with Gasteiger partial charge in [-0.25, -0.2) is 0 Å². The Balaban J connectivity index is 1.28. The van der Waals surface area contributed by atoms with Crippen molar-refractivity contribution in [3.8, 4) is 11.1 Å². The average Bonchev–Trinajstić information content (AvgIpc) is 3.31. The number of carbonyl (C=O) groups is 2. The van der Waals surface area contributed by atoms with E-state index in [1.54, 1.807) is 12.1 Å². The van der Waals surface area contributed by atoms with E-state index in [9.17, 15) is 19.7 Å². The Morgan fingerprint density at radius 2 is 1.56 bits per heavy atom. The minimum atomic E-state index is -0.507. The molecule has 2 N–H and O–H groups in total. The lowest BCUT2D eigenvalue weighted by Crippen LogP contribution is -2.13. The van der Waals surface area contributed by atoms with Gasteiger partial charge >= 0.3 is 0 Å². The molecule has 0 saturated heterocycles. The topological polar surface area (TPSA) is 127 Å². The largest absolute Gasteiger partial charge is 0.325 e. The molecule has 34 heavy (non-hydrogen) atoms. The summed E-state index contributed by atoms with van der Waals surface area (Å²) in [4.78, 5) is 34.8. The molecule has 2 amide bonds. The van der Waals surface area contributed by atoms with Crippen LogP contribution in [0.1, 0.15) is 10.4 Å². The van der Waals surface area contributed by atoms with Crippen molar-refractivity contribution < 1.29 is 14.5 Å². The third-order valence-corrected chi connectivity index (χ3v) is 6.54. The van der Waals surface area contributed by atoms with E-state index < -0.39 is 4.92 Å². The van der Waals surface area contributed by atoms with Crippen LogP contribution in [0.25, 0.3) is 11.1 Å². The molecule has 4 aromatic rings. The minimum Gasteiger partial charge on any atom is -0.325 e. The number of nitro benzene ring substituents is 1. The molecule has 3 aromatic carbocycles. The van der Waals surface area contributed by atoms with Gasteiger partial charge in [-0.2, -0.15) is 0 Å². The van der Waals surface area contributed by atoms with Gasteiger partial charge in [-0.1, -0.05) is 65.6 Å². The number of nitrogens with one attached hydrogen (secondary N) is 2. The fourth-order valence-corrected chi connectivity index (χ4v) is 4.47. The number of non-ortho nitro benzene ring substituents is 1. The third kappa shape index (κ3) is 6.03. The number of nitro groups is 1. The molecule has 4 rings (SSSR count). The maximum Gasteiger partial charge on any atom is 0.269 e. The first-order valence-corrected chi connectivity index (χ1v) is 11.8. The van der Waals surface area contributed by atoms with Gasteiger partial charge in [0.25, 0.3) is 11.6 Å². The van der Waals surface area contributed by atoms with Crippen LogP contribution in [0.2, 0.25) is 0 Å². The Bertz CT molecular complexity index is 1310. The number of aromatic nitrogens is 2. The van der Waals surface area contributed by atoms with Crippen molar-refractivity contribution in [1.82, 2.24) is 10.2 Å². The van der Waals surface area contributed by atoms with Gasteiger partial charge in [0.1, 0.15) is 0 Å². The highest BCUT2D eigenvalue weighted by molar-refractivity contribution is 8.01. The number of benzene rings is 3. The molecule has 0 bridgehead atoms. The van der Waals surface area contributed by atoms with Gasteiger partial charge in [0, 0.05) is 23.4 Å². The Morgan fingerprint density at radius 3 is 2.24 bits per heavy atom. The first kappa shape index (κ1) is 23.1. The molecular weight excluding hydrogens is 474 g/mol. The summed E-state index contributed by atoms with van der Waals surface area (Å²) in [7, 11) is 0. The molecule has 0 atom stereocenters. The van der Waals surface area contributed by atoms with Gasteiger partial charge in [0.15, 0.2) is 4.34 Å². The van der Waals surface area contributed by atoms with Gasteiger partial charge in [-0.15, -0.1) is 10.2 Å². The lowest BCUT2D eigenvalue weighted by Gasteiger charge is -2.04. The van der Waals surface area contributed by atoms with Crippen molar-refractivity contribution in [3.63, 3.8) is 0 Å². The summed E-state index contributed by atoms with van der Waals surface area (Å²) in [6.45, 7) is 0. The zero-order chi connectivity index (χ0) is 23.9. The van der Waals surface area contributed by atoms with Crippen LogP contribution in [-0.2, 0) is 4.79 Å². The van der Waals surface area contributed by atoms with Crippen LogP contribution < -0.4 is 10.6 Å². The molecule has 0 saturated carbocycles. The van der Waals surface area contributed by atoms with Crippen LogP contribution in [-0.4, -0.2) is 32.7 Å². The zero-order valence-corrected chi connectivity index (χ0v) is 19.1. The van der Waals surface area contributed by atoms with E-state index in [0.29, 0.717) is 20.7 Å². The molecular formula is C23H17N5O4S2. The second-order valence-electron chi connectivity index (χ2n) is 6.91. The smallest absolute Gasteiger partial charge is 0.269 e. The van der Waals surface area contributed by atoms with E-state index in [0.717, 1.165) is 22.5 Å². The molecule has 9 nitrogen and oxygen atoms in total. The first-order chi connectivity index (χ1) is 16.5. The van der Waals surface area contributed by atoms with Gasteiger partial charge in [0.2, 0.25) is 11.0 Å². The van der Waals surface area contributed by atoms with E-state index in [4.69, 9.17) is 0 Å². The van der Waals surface area contributed by atoms with Crippen molar-refractivity contribution in [3.05, 3.63) is 94.5 Å². The van der Waals surface area contributed by atoms with Crippen molar-refractivity contribution in [2.45, 2.75) is 4.34 Å². The fraction of sp³-hybridized carbons (Fsp3) is 0.0435. The van der Waals surface area contributed by atoms with E-state index in [1.807, 2.05) is 42.5 Å². The van der Waals surface area contributed by atoms with Gasteiger partial charge in [0.05, 0.1) is 10.7 Å². The van der Waals surface area contributed by atoms with Gasteiger partial charge in [-0.3, -0.25) is 25.0 Å². The van der Waals surface area contributed by atoms with Crippen LogP contribution in [0.4, 0.5) is 16.5 Å². The average molecular weight is 492 g/mol. The number of nitrogens with zero attached hydrogens (tertiary/aromatic N) is 3. The molecule has 1 aromatic heterocycles. The van der Waals surface area contributed by atoms with E-state index in [1.165, 1.54) is 36.0 Å². The molecule has 0 aliphatic rings. The van der Waals surface area contributed by atoms with Crippen LogP contribution >= 0.6 is 23.1 Å². The van der Waals surface area contributed by atoms with Crippen molar-refractivity contribution >= 4 is 51.4 Å². The number of rotatable bonds is 8. The summed E-state index contributed by atoms with van der Waals surface area (Å²) < 4.78 is 0.522. The molecule has 170 valence electrons. The lowest BCUT2D eigenvalue weighted by molar-refractivity contribution is -0.384. The minimum absolute atomic E-state index is 0.0528. The van der Waals surface area contributed by atoms with Crippen molar-refractivity contribution in [2.75, 3.05) is 16.4 Å². The maximum atomic E-state index is 12.5. The molecule has 0 aliphatic carbocycles. The number of thioether (sulfide) groups is 1. The Labute approximate surface area is 202 Å². The van der Waals surface area contributed by atoms with Gasteiger partial charge in [-0.05, 0) is 35.4 Å². The lowest BCUT2D eigenvalue weighted by atomic mass is 10.0. The zero-order valence-electron chi connectivity index (χ0n) is 17.5. The summed E-state index contributed by atoms with van der Waals surface area (Å²) in [5.41, 5.74) is 2.98. The third-order valence-electron chi connectivity index (χ3n) is 4.57. The van der Waals surface area contributed by atoms with E-state index >= 15 is 0 Å². The summed E-state index contributed by atoms with van der Waals surface area (Å²) in [5.74, 6) is -0.526. The maximum absolute atomic E-state index is 12.5. The van der Waals surface area contributed by atoms with E-state index in [-0.39, 0.29) is 23.3 Å². The number of hydrogen-bond acceptors (Lipinski definition) is 8. The summed E-state index contributed by atoms with van der Waals surface area (Å²) in [6, 6.07) is 22.7. The molecule has 0 spiro atoms. The predicted octanol–water partition coefficient (Wildman–Crippen LogP) is 5.10. The van der Waals surface area contributed by atoms with Crippen LogP contribution in [0, 0.1) is 10.1 Å². The Kier molecular flexibility index (Phi) is 7.25. The Morgan fingerprint density at radius 1 is 0.882 bits per heavy atom. The summed E-state index contributed by atoms with van der Waals surface area (Å²) in [5, 5.41) is 24.3. The van der Waals surface area contributed by atoms with Crippen molar-refractivity contribution in [2.24, 2.45) is 0 Å². The van der Waals surface area contributed by atoms with Crippen LogP contribution in [0.3, 0.4) is 0 Å². The number of anilines is 2. The SMILES string of the molecule is O=C(CSc1nnc(NC(=O)c2ccc(-c3ccccc3)cc2)s1)Nc1ccc([N+](=O)[O-])cc1. The van der Waals surface area contributed by atoms with E-state index in [2.05, 4.69) is 20.8 Å².